The number of halogens is 1. The third-order valence-corrected chi connectivity index (χ3v) is 8.57. The Balaban J connectivity index is 1.26. The van der Waals surface area contributed by atoms with Crippen LogP contribution in [-0.2, 0) is 20.6 Å². The number of methoxy groups -OCH3 is 2. The lowest BCUT2D eigenvalue weighted by atomic mass is 9.91. The first-order chi connectivity index (χ1) is 18.7. The molecule has 2 fully saturated rings. The first kappa shape index (κ1) is 25.5. The van der Waals surface area contributed by atoms with Crippen molar-refractivity contribution in [3.8, 4) is 0 Å². The normalized spacial score (nSPS) is 21.0. The Kier molecular flexibility index (Phi) is 7.50. The van der Waals surface area contributed by atoms with Crippen LogP contribution in [0.15, 0.2) is 42.5 Å². The molecule has 0 radical (unpaired) electrons. The van der Waals surface area contributed by atoms with Gasteiger partial charge in [0.25, 0.3) is 0 Å². The van der Waals surface area contributed by atoms with Gasteiger partial charge >= 0.3 is 0 Å². The zero-order chi connectivity index (χ0) is 26.1. The average Bonchev–Trinajstić information content (AvgIpc) is 3.16. The summed E-state index contributed by atoms with van der Waals surface area (Å²) in [6, 6.07) is 13.1. The van der Waals surface area contributed by atoms with E-state index in [9.17, 15) is 0 Å². The molecule has 202 valence electrons. The Morgan fingerprint density at radius 3 is 2.47 bits per heavy atom. The zero-order valence-corrected chi connectivity index (χ0v) is 22.5. The van der Waals surface area contributed by atoms with Crippen LogP contribution in [-0.4, -0.2) is 50.0 Å². The van der Waals surface area contributed by atoms with Crippen molar-refractivity contribution in [3.63, 3.8) is 0 Å². The van der Waals surface area contributed by atoms with E-state index < -0.39 is 0 Å². The monoisotopic (exact) mass is 519 g/mol. The number of aryl methyl sites for hydroxylation is 1. The number of hydrogen-bond donors (Lipinski definition) is 0. The van der Waals surface area contributed by atoms with Gasteiger partial charge in [-0.25, -0.2) is 4.68 Å². The predicted octanol–water partition coefficient (Wildman–Crippen LogP) is 6.48. The number of allylic oxidation sites excluding steroid dienone is 1. The highest BCUT2D eigenvalue weighted by atomic mass is 19.1. The van der Waals surface area contributed by atoms with E-state index >= 15 is 4.39 Å². The highest BCUT2D eigenvalue weighted by molar-refractivity contribution is 5.92. The van der Waals surface area contributed by atoms with Crippen molar-refractivity contribution in [2.45, 2.75) is 63.9 Å². The van der Waals surface area contributed by atoms with Gasteiger partial charge in [-0.1, -0.05) is 24.3 Å². The lowest BCUT2D eigenvalue weighted by Crippen LogP contribution is -2.39. The summed E-state index contributed by atoms with van der Waals surface area (Å²) in [5, 5.41) is 4.99. The summed E-state index contributed by atoms with van der Waals surface area (Å²) in [6.07, 6.45) is 9.95. The van der Waals surface area contributed by atoms with E-state index in [0.717, 1.165) is 81.1 Å². The first-order valence-electron chi connectivity index (χ1n) is 14.1. The van der Waals surface area contributed by atoms with Gasteiger partial charge in [-0.2, -0.15) is 4.39 Å². The summed E-state index contributed by atoms with van der Waals surface area (Å²) in [4.78, 5) is 2.44. The van der Waals surface area contributed by atoms with Crippen LogP contribution < -0.4 is 4.90 Å². The second-order valence-corrected chi connectivity index (χ2v) is 10.8. The minimum Gasteiger partial charge on any atom is -0.372 e. The molecule has 1 atom stereocenters. The van der Waals surface area contributed by atoms with Crippen LogP contribution in [0.1, 0.15) is 67.9 Å². The molecular formula is C31H38FN3O3. The zero-order valence-electron chi connectivity index (χ0n) is 22.5. The number of aromatic nitrogens is 2. The summed E-state index contributed by atoms with van der Waals surface area (Å²) < 4.78 is 34.1. The summed E-state index contributed by atoms with van der Waals surface area (Å²) in [5.74, 6) is 0.0506. The third-order valence-electron chi connectivity index (χ3n) is 8.57. The molecule has 3 heterocycles. The molecule has 0 bridgehead atoms. The molecule has 1 aromatic heterocycles. The number of rotatable bonds is 6. The molecule has 2 aromatic carbocycles. The molecule has 6 nitrogen and oxygen atoms in total. The van der Waals surface area contributed by atoms with Gasteiger partial charge in [-0.15, -0.1) is 5.10 Å². The SMILES string of the molecule is COC(OC)C1CCN(c2ccc(C3=CCCCc4c3ccc3c4c(F)nn3C3CCCCO3)cc2)CC1. The highest BCUT2D eigenvalue weighted by Gasteiger charge is 2.28. The summed E-state index contributed by atoms with van der Waals surface area (Å²) in [5.41, 5.74) is 6.64. The molecule has 0 spiro atoms. The van der Waals surface area contributed by atoms with Crippen LogP contribution in [0.25, 0.3) is 16.5 Å². The molecule has 6 rings (SSSR count). The van der Waals surface area contributed by atoms with E-state index in [1.165, 1.54) is 16.8 Å². The molecule has 2 aliphatic heterocycles. The maximum atomic E-state index is 15.4. The van der Waals surface area contributed by atoms with Gasteiger partial charge in [-0.05, 0) is 91.8 Å². The third kappa shape index (κ3) is 4.76. The average molecular weight is 520 g/mol. The van der Waals surface area contributed by atoms with E-state index in [4.69, 9.17) is 14.2 Å². The second kappa shape index (κ2) is 11.2. The van der Waals surface area contributed by atoms with Crippen LogP contribution >= 0.6 is 0 Å². The Hall–Kier alpha value is -2.74. The van der Waals surface area contributed by atoms with E-state index in [2.05, 4.69) is 46.4 Å². The van der Waals surface area contributed by atoms with E-state index in [0.29, 0.717) is 17.9 Å². The van der Waals surface area contributed by atoms with Crippen LogP contribution in [0.5, 0.6) is 0 Å². The summed E-state index contributed by atoms with van der Waals surface area (Å²) >= 11 is 0. The number of hydrogen-bond acceptors (Lipinski definition) is 5. The smallest absolute Gasteiger partial charge is 0.240 e. The Bertz CT molecular complexity index is 1280. The Morgan fingerprint density at radius 1 is 0.974 bits per heavy atom. The topological polar surface area (TPSA) is 48.8 Å². The predicted molar refractivity (Wildman–Crippen MR) is 148 cm³/mol. The first-order valence-corrected chi connectivity index (χ1v) is 14.1. The maximum Gasteiger partial charge on any atom is 0.240 e. The van der Waals surface area contributed by atoms with Crippen molar-refractivity contribution < 1.29 is 18.6 Å². The molecule has 38 heavy (non-hydrogen) atoms. The lowest BCUT2D eigenvalue weighted by Gasteiger charge is -2.36. The summed E-state index contributed by atoms with van der Waals surface area (Å²) in [7, 11) is 3.44. The quantitative estimate of drug-likeness (QED) is 0.349. The molecule has 2 saturated heterocycles. The van der Waals surface area contributed by atoms with Crippen LogP contribution in [0.2, 0.25) is 0 Å². The van der Waals surface area contributed by atoms with Crippen LogP contribution in [0.3, 0.4) is 0 Å². The fourth-order valence-corrected chi connectivity index (χ4v) is 6.57. The van der Waals surface area contributed by atoms with Gasteiger partial charge in [0.2, 0.25) is 5.95 Å². The van der Waals surface area contributed by atoms with Gasteiger partial charge in [0.15, 0.2) is 12.5 Å². The number of ether oxygens (including phenoxy) is 3. The molecule has 3 aliphatic rings. The van der Waals surface area contributed by atoms with Crippen molar-refractivity contribution >= 4 is 22.2 Å². The van der Waals surface area contributed by atoms with Crippen molar-refractivity contribution in [3.05, 3.63) is 65.1 Å². The maximum absolute atomic E-state index is 15.4. The van der Waals surface area contributed by atoms with E-state index in [1.54, 1.807) is 18.9 Å². The summed E-state index contributed by atoms with van der Waals surface area (Å²) in [6.45, 7) is 2.69. The molecule has 1 aliphatic carbocycles. The van der Waals surface area contributed by atoms with Crippen molar-refractivity contribution in [1.82, 2.24) is 9.78 Å². The molecular weight excluding hydrogens is 481 g/mol. The number of fused-ring (bicyclic) bond motifs is 3. The molecule has 7 heteroatoms. The van der Waals surface area contributed by atoms with Gasteiger partial charge in [-0.3, -0.25) is 0 Å². The fourth-order valence-electron chi connectivity index (χ4n) is 6.57. The minimum absolute atomic E-state index is 0.125. The Morgan fingerprint density at radius 2 is 1.76 bits per heavy atom. The van der Waals surface area contributed by atoms with Gasteiger partial charge in [0.1, 0.15) is 0 Å². The second-order valence-electron chi connectivity index (χ2n) is 10.8. The fraction of sp³-hybridized carbons (Fsp3) is 0.516. The molecule has 0 N–H and O–H groups in total. The standard InChI is InChI=1S/C31H38FN3O3/c1-36-31(37-2)22-16-18-34(19-17-22)23-12-10-21(11-13-23)24-7-3-4-8-26-25(24)14-15-27-29(26)30(32)33-35(27)28-9-5-6-20-38-28/h7,10-15,22,28,31H,3-6,8-9,16-20H2,1-2H3. The number of piperidine rings is 1. The molecule has 3 aromatic rings. The van der Waals surface area contributed by atoms with Gasteiger partial charge in [0.05, 0.1) is 10.9 Å². The van der Waals surface area contributed by atoms with Crippen molar-refractivity contribution in [2.75, 3.05) is 38.8 Å². The van der Waals surface area contributed by atoms with E-state index in [1.807, 2.05) is 6.07 Å². The van der Waals surface area contributed by atoms with Gasteiger partial charge < -0.3 is 19.1 Å². The van der Waals surface area contributed by atoms with Gasteiger partial charge in [0, 0.05) is 45.5 Å². The molecule has 0 amide bonds. The van der Waals surface area contributed by atoms with Crippen LogP contribution in [0, 0.1) is 11.9 Å². The van der Waals surface area contributed by atoms with Crippen molar-refractivity contribution in [2.24, 2.45) is 5.92 Å². The number of anilines is 1. The van der Waals surface area contributed by atoms with Crippen LogP contribution in [0.4, 0.5) is 10.1 Å². The largest absolute Gasteiger partial charge is 0.372 e. The minimum atomic E-state index is -0.379. The number of benzene rings is 2. The lowest BCUT2D eigenvalue weighted by molar-refractivity contribution is -0.141. The Labute approximate surface area is 224 Å². The molecule has 1 unspecified atom stereocenters. The van der Waals surface area contributed by atoms with Crippen molar-refractivity contribution in [1.29, 1.82) is 0 Å². The molecule has 0 saturated carbocycles. The van der Waals surface area contributed by atoms with E-state index in [-0.39, 0.29) is 18.5 Å². The number of nitrogens with zero attached hydrogens (tertiary/aromatic N) is 3. The highest BCUT2D eigenvalue weighted by Crippen LogP contribution is 2.38.